The molecule has 0 aliphatic carbocycles. The van der Waals surface area contributed by atoms with Crippen molar-refractivity contribution in [3.8, 4) is 5.75 Å². The van der Waals surface area contributed by atoms with Gasteiger partial charge in [0.05, 0.1) is 5.69 Å². The Hall–Kier alpha value is -1.22. The van der Waals surface area contributed by atoms with Crippen LogP contribution in [0.4, 0.5) is 5.69 Å². The molecule has 1 aromatic carbocycles. The third-order valence-electron chi connectivity index (χ3n) is 2.20. The monoisotopic (exact) mass is 178 g/mol. The van der Waals surface area contributed by atoms with E-state index in [9.17, 15) is 0 Å². The maximum Gasteiger partial charge on any atom is 0.142 e. The van der Waals surface area contributed by atoms with E-state index in [-0.39, 0.29) is 6.04 Å². The highest BCUT2D eigenvalue weighted by Crippen LogP contribution is 2.29. The van der Waals surface area contributed by atoms with Crippen LogP contribution in [0.2, 0.25) is 0 Å². The lowest BCUT2D eigenvalue weighted by Crippen LogP contribution is -2.18. The van der Waals surface area contributed by atoms with Crippen LogP contribution in [0.25, 0.3) is 0 Å². The summed E-state index contributed by atoms with van der Waals surface area (Å²) in [5, 5.41) is 3.28. The molecule has 3 N–H and O–H groups in total. The summed E-state index contributed by atoms with van der Waals surface area (Å²) >= 11 is 0. The lowest BCUT2D eigenvalue weighted by atomic mass is 10.1. The van der Waals surface area contributed by atoms with Crippen LogP contribution in [0, 0.1) is 0 Å². The third-order valence-corrected chi connectivity index (χ3v) is 2.20. The van der Waals surface area contributed by atoms with E-state index in [1.807, 2.05) is 19.1 Å². The van der Waals surface area contributed by atoms with Crippen LogP contribution in [0.3, 0.4) is 0 Å². The average Bonchev–Trinajstić information content (AvgIpc) is 2.17. The predicted octanol–water partition coefficient (Wildman–Crippen LogP) is 1.51. The number of fused-ring (bicyclic) bond motifs is 1. The number of anilines is 1. The van der Waals surface area contributed by atoms with E-state index >= 15 is 0 Å². The molecular formula is C10H14N2O. The van der Waals surface area contributed by atoms with E-state index in [0.29, 0.717) is 0 Å². The molecule has 1 heterocycles. The van der Waals surface area contributed by atoms with Gasteiger partial charge in [-0.2, -0.15) is 0 Å². The van der Waals surface area contributed by atoms with Crippen LogP contribution in [-0.2, 0) is 0 Å². The number of rotatable bonds is 1. The molecule has 0 fully saturated rings. The Labute approximate surface area is 77.9 Å². The normalized spacial score (nSPS) is 16.8. The predicted molar refractivity (Wildman–Crippen MR) is 53.0 cm³/mol. The average molecular weight is 178 g/mol. The Kier molecular flexibility index (Phi) is 2.10. The fourth-order valence-corrected chi connectivity index (χ4v) is 1.44. The van der Waals surface area contributed by atoms with E-state index < -0.39 is 0 Å². The first-order chi connectivity index (χ1) is 6.27. The fourth-order valence-electron chi connectivity index (χ4n) is 1.44. The molecule has 0 saturated carbocycles. The van der Waals surface area contributed by atoms with Crippen molar-refractivity contribution in [1.29, 1.82) is 0 Å². The molecule has 0 bridgehead atoms. The molecule has 13 heavy (non-hydrogen) atoms. The molecule has 1 aliphatic rings. The number of nitrogens with one attached hydrogen (secondary N) is 1. The number of hydrogen-bond donors (Lipinski definition) is 2. The van der Waals surface area contributed by atoms with Gasteiger partial charge in [-0.3, -0.25) is 0 Å². The first kappa shape index (κ1) is 8.38. The minimum atomic E-state index is 0.0778. The van der Waals surface area contributed by atoms with Gasteiger partial charge in [-0.1, -0.05) is 6.07 Å². The van der Waals surface area contributed by atoms with Gasteiger partial charge >= 0.3 is 0 Å². The minimum absolute atomic E-state index is 0.0778. The van der Waals surface area contributed by atoms with E-state index in [0.717, 1.165) is 30.2 Å². The zero-order valence-corrected chi connectivity index (χ0v) is 7.71. The number of ether oxygens (including phenoxy) is 1. The smallest absolute Gasteiger partial charge is 0.142 e. The van der Waals surface area contributed by atoms with Crippen molar-refractivity contribution in [2.24, 2.45) is 5.73 Å². The van der Waals surface area contributed by atoms with Gasteiger partial charge < -0.3 is 15.8 Å². The van der Waals surface area contributed by atoms with E-state index in [1.165, 1.54) is 0 Å². The Morgan fingerprint density at radius 2 is 2.38 bits per heavy atom. The van der Waals surface area contributed by atoms with Crippen molar-refractivity contribution in [3.63, 3.8) is 0 Å². The molecule has 70 valence electrons. The summed E-state index contributed by atoms with van der Waals surface area (Å²) in [7, 11) is 0. The Morgan fingerprint density at radius 1 is 1.54 bits per heavy atom. The number of nitrogens with two attached hydrogens (primary N) is 1. The standard InChI is InChI=1S/C10H14N2O/c1-7(11)8-2-3-10-9(6-8)12-4-5-13-10/h2-3,6-7,12H,4-5,11H2,1H3/t7-/m1/s1. The van der Waals surface area contributed by atoms with E-state index in [1.54, 1.807) is 0 Å². The number of hydrogen-bond acceptors (Lipinski definition) is 3. The minimum Gasteiger partial charge on any atom is -0.490 e. The quantitative estimate of drug-likeness (QED) is 0.685. The SMILES string of the molecule is C[C@@H](N)c1ccc2c(c1)NCCO2. The fraction of sp³-hybridized carbons (Fsp3) is 0.400. The van der Waals surface area contributed by atoms with Gasteiger partial charge in [-0.05, 0) is 24.6 Å². The van der Waals surface area contributed by atoms with Crippen LogP contribution in [0.5, 0.6) is 5.75 Å². The zero-order valence-electron chi connectivity index (χ0n) is 7.71. The molecule has 0 spiro atoms. The second-order valence-corrected chi connectivity index (χ2v) is 3.32. The first-order valence-corrected chi connectivity index (χ1v) is 4.53. The highest BCUT2D eigenvalue weighted by Gasteiger charge is 2.10. The van der Waals surface area contributed by atoms with Crippen molar-refractivity contribution in [2.75, 3.05) is 18.5 Å². The van der Waals surface area contributed by atoms with Gasteiger partial charge in [0.25, 0.3) is 0 Å². The zero-order chi connectivity index (χ0) is 9.26. The van der Waals surface area contributed by atoms with Crippen molar-refractivity contribution < 1.29 is 4.74 Å². The summed E-state index contributed by atoms with van der Waals surface area (Å²) in [6.45, 7) is 3.59. The van der Waals surface area contributed by atoms with Crippen LogP contribution >= 0.6 is 0 Å². The third kappa shape index (κ3) is 1.60. The van der Waals surface area contributed by atoms with Crippen molar-refractivity contribution >= 4 is 5.69 Å². The molecule has 1 aliphatic heterocycles. The van der Waals surface area contributed by atoms with Crippen molar-refractivity contribution in [2.45, 2.75) is 13.0 Å². The maximum absolute atomic E-state index is 5.78. The van der Waals surface area contributed by atoms with Gasteiger partial charge in [0.15, 0.2) is 0 Å². The lowest BCUT2D eigenvalue weighted by molar-refractivity contribution is 0.323. The van der Waals surface area contributed by atoms with Gasteiger partial charge in [-0.15, -0.1) is 0 Å². The maximum atomic E-state index is 5.78. The largest absolute Gasteiger partial charge is 0.490 e. The second kappa shape index (κ2) is 3.26. The first-order valence-electron chi connectivity index (χ1n) is 4.53. The van der Waals surface area contributed by atoms with E-state index in [4.69, 9.17) is 10.5 Å². The highest BCUT2D eigenvalue weighted by molar-refractivity contribution is 5.59. The summed E-state index contributed by atoms with van der Waals surface area (Å²) in [6.07, 6.45) is 0. The van der Waals surface area contributed by atoms with Crippen LogP contribution in [0.15, 0.2) is 18.2 Å². The van der Waals surface area contributed by atoms with E-state index in [2.05, 4.69) is 11.4 Å². The molecule has 3 nitrogen and oxygen atoms in total. The van der Waals surface area contributed by atoms with Gasteiger partial charge in [0.1, 0.15) is 12.4 Å². The summed E-state index contributed by atoms with van der Waals surface area (Å²) in [5.41, 5.74) is 7.97. The van der Waals surface area contributed by atoms with Crippen LogP contribution in [0.1, 0.15) is 18.5 Å². The Balaban J connectivity index is 2.35. The summed E-state index contributed by atoms with van der Waals surface area (Å²) in [4.78, 5) is 0. The molecule has 0 unspecified atom stereocenters. The molecule has 0 aromatic heterocycles. The van der Waals surface area contributed by atoms with Crippen molar-refractivity contribution in [3.05, 3.63) is 23.8 Å². The molecule has 2 rings (SSSR count). The molecule has 0 amide bonds. The van der Waals surface area contributed by atoms with Gasteiger partial charge in [0, 0.05) is 12.6 Å². The number of benzene rings is 1. The molecule has 3 heteroatoms. The topological polar surface area (TPSA) is 47.3 Å². The molecule has 0 radical (unpaired) electrons. The Morgan fingerprint density at radius 3 is 3.15 bits per heavy atom. The van der Waals surface area contributed by atoms with Crippen molar-refractivity contribution in [1.82, 2.24) is 0 Å². The molecule has 1 atom stereocenters. The lowest BCUT2D eigenvalue weighted by Gasteiger charge is -2.20. The van der Waals surface area contributed by atoms with Gasteiger partial charge in [0.2, 0.25) is 0 Å². The molecule has 1 aromatic rings. The van der Waals surface area contributed by atoms with Crippen LogP contribution in [-0.4, -0.2) is 13.2 Å². The highest BCUT2D eigenvalue weighted by atomic mass is 16.5. The van der Waals surface area contributed by atoms with Gasteiger partial charge in [-0.25, -0.2) is 0 Å². The molecule has 0 saturated heterocycles. The van der Waals surface area contributed by atoms with Crippen LogP contribution < -0.4 is 15.8 Å². The summed E-state index contributed by atoms with van der Waals surface area (Å²) in [5.74, 6) is 0.927. The Bertz CT molecular complexity index is 310. The second-order valence-electron chi connectivity index (χ2n) is 3.32. The summed E-state index contributed by atoms with van der Waals surface area (Å²) in [6, 6.07) is 6.12. The summed E-state index contributed by atoms with van der Waals surface area (Å²) < 4.78 is 5.45. The molecular weight excluding hydrogens is 164 g/mol.